The molecule has 1 N–H and O–H groups in total. The number of likely N-dealkylation sites (N-methyl/N-ethyl adjacent to an activating group) is 1. The van der Waals surface area contributed by atoms with Crippen LogP contribution in [0, 0.1) is 5.82 Å². The Hall–Kier alpha value is -2.81. The lowest BCUT2D eigenvalue weighted by Crippen LogP contribution is -3.00. The Balaban J connectivity index is 0.00000306. The van der Waals surface area contributed by atoms with Gasteiger partial charge in [0.15, 0.2) is 0 Å². The molecule has 1 aliphatic rings. The molecule has 1 aliphatic heterocycles. The van der Waals surface area contributed by atoms with Crippen LogP contribution >= 0.6 is 0 Å². The molecule has 0 aliphatic carbocycles. The minimum absolute atomic E-state index is 0. The van der Waals surface area contributed by atoms with Crippen molar-refractivity contribution in [3.05, 3.63) is 78.4 Å². The number of benzene rings is 2. The molecule has 33 heavy (non-hydrogen) atoms. The smallest absolute Gasteiger partial charge is 0.270 e. The number of carbonyl (C=O) groups excluding carboxylic acids is 1. The summed E-state index contributed by atoms with van der Waals surface area (Å²) in [5.74, 6) is 0.729. The predicted molar refractivity (Wildman–Crippen MR) is 120 cm³/mol. The number of hydrogen-bond acceptors (Lipinski definition) is 4. The maximum absolute atomic E-state index is 13.0. The number of halogens is 2. The zero-order valence-electron chi connectivity index (χ0n) is 18.5. The van der Waals surface area contributed by atoms with E-state index in [1.807, 2.05) is 30.3 Å². The van der Waals surface area contributed by atoms with Crippen LogP contribution < -0.4 is 27.0 Å². The molecule has 1 amide bonds. The third-order valence-electron chi connectivity index (χ3n) is 5.72. The molecule has 8 heteroatoms. The van der Waals surface area contributed by atoms with E-state index in [2.05, 4.69) is 17.3 Å². The van der Waals surface area contributed by atoms with Gasteiger partial charge in [-0.3, -0.25) is 9.78 Å². The fourth-order valence-corrected chi connectivity index (χ4v) is 3.63. The van der Waals surface area contributed by atoms with Gasteiger partial charge in [-0.05, 0) is 59.7 Å². The highest BCUT2D eigenvalue weighted by Gasteiger charge is 2.24. The number of morpholine rings is 1. The van der Waals surface area contributed by atoms with E-state index in [0.717, 1.165) is 48.5 Å². The van der Waals surface area contributed by atoms with Crippen molar-refractivity contribution < 1.29 is 40.1 Å². The Morgan fingerprint density at radius 2 is 1.67 bits per heavy atom. The maximum atomic E-state index is 13.0. The van der Waals surface area contributed by atoms with Crippen LogP contribution in [0.5, 0.6) is 11.5 Å². The van der Waals surface area contributed by atoms with E-state index in [4.69, 9.17) is 9.47 Å². The standard InChI is InChI=1S/C25H26FN3O3.BrH/c1-29(14-16-31-17-15-29)13-12-28-25(30)24-18-20(10-11-27-24)19-2-6-22(7-3-19)32-23-8-4-21(26)5-9-23;/h2-11,18H,12-17H2,1H3;1H. The molecule has 2 heterocycles. The number of rotatable bonds is 7. The maximum Gasteiger partial charge on any atom is 0.270 e. The summed E-state index contributed by atoms with van der Waals surface area (Å²) in [7, 11) is 2.19. The summed E-state index contributed by atoms with van der Waals surface area (Å²) in [5.41, 5.74) is 2.23. The molecule has 0 saturated carbocycles. The second-order valence-corrected chi connectivity index (χ2v) is 8.17. The van der Waals surface area contributed by atoms with Gasteiger partial charge in [0.05, 0.1) is 33.4 Å². The molecular weight excluding hydrogens is 489 g/mol. The van der Waals surface area contributed by atoms with Crippen molar-refractivity contribution in [1.82, 2.24) is 10.3 Å². The number of pyridine rings is 1. The number of nitrogens with one attached hydrogen (secondary N) is 1. The molecule has 0 spiro atoms. The normalized spacial score (nSPS) is 14.7. The predicted octanol–water partition coefficient (Wildman–Crippen LogP) is 0.891. The number of hydrogen-bond donors (Lipinski definition) is 1. The van der Waals surface area contributed by atoms with Gasteiger partial charge in [0.2, 0.25) is 0 Å². The Kier molecular flexibility index (Phi) is 8.55. The SMILES string of the molecule is C[N+]1(CCNC(=O)c2cc(-c3ccc(Oc4ccc(F)cc4)cc3)ccn2)CCOCC1.[Br-]. The number of nitrogens with zero attached hydrogens (tertiary/aromatic N) is 2. The molecule has 0 atom stereocenters. The van der Waals surface area contributed by atoms with Gasteiger partial charge >= 0.3 is 0 Å². The van der Waals surface area contributed by atoms with Gasteiger partial charge in [0.1, 0.15) is 36.1 Å². The highest BCUT2D eigenvalue weighted by Crippen LogP contribution is 2.26. The minimum atomic E-state index is -0.304. The van der Waals surface area contributed by atoms with Gasteiger partial charge in [0, 0.05) is 6.20 Å². The fraction of sp³-hybridized carbons (Fsp3) is 0.280. The van der Waals surface area contributed by atoms with Gasteiger partial charge in [-0.2, -0.15) is 0 Å². The van der Waals surface area contributed by atoms with Crippen LogP contribution in [0.25, 0.3) is 11.1 Å². The third-order valence-corrected chi connectivity index (χ3v) is 5.72. The molecule has 174 valence electrons. The summed E-state index contributed by atoms with van der Waals surface area (Å²) < 4.78 is 25.1. The van der Waals surface area contributed by atoms with E-state index in [9.17, 15) is 9.18 Å². The lowest BCUT2D eigenvalue weighted by Gasteiger charge is -2.37. The van der Waals surface area contributed by atoms with Crippen LogP contribution in [-0.4, -0.2) is 61.8 Å². The van der Waals surface area contributed by atoms with Gasteiger partial charge < -0.3 is 36.3 Å². The molecule has 0 bridgehead atoms. The molecule has 0 unspecified atom stereocenters. The van der Waals surface area contributed by atoms with Crippen molar-refractivity contribution in [1.29, 1.82) is 0 Å². The lowest BCUT2D eigenvalue weighted by atomic mass is 10.1. The van der Waals surface area contributed by atoms with Crippen molar-refractivity contribution >= 4 is 5.91 Å². The molecule has 1 saturated heterocycles. The molecule has 0 radical (unpaired) electrons. The summed E-state index contributed by atoms with van der Waals surface area (Å²) >= 11 is 0. The lowest BCUT2D eigenvalue weighted by molar-refractivity contribution is -0.915. The third kappa shape index (κ3) is 6.83. The molecule has 2 aromatic carbocycles. The van der Waals surface area contributed by atoms with E-state index in [1.165, 1.54) is 12.1 Å². The molecule has 1 fully saturated rings. The zero-order valence-corrected chi connectivity index (χ0v) is 20.1. The highest BCUT2D eigenvalue weighted by molar-refractivity contribution is 5.93. The average Bonchev–Trinajstić information content (AvgIpc) is 2.81. The molecule has 1 aromatic heterocycles. The van der Waals surface area contributed by atoms with Crippen LogP contribution in [-0.2, 0) is 4.74 Å². The molecule has 4 rings (SSSR count). The summed E-state index contributed by atoms with van der Waals surface area (Å²) in [6.07, 6.45) is 1.64. The van der Waals surface area contributed by atoms with Crippen LogP contribution in [0.3, 0.4) is 0 Å². The largest absolute Gasteiger partial charge is 1.00 e. The highest BCUT2D eigenvalue weighted by atomic mass is 79.9. The average molecular weight is 516 g/mol. The fourth-order valence-electron chi connectivity index (χ4n) is 3.63. The van der Waals surface area contributed by atoms with E-state index < -0.39 is 0 Å². The van der Waals surface area contributed by atoms with Gasteiger partial charge in [-0.25, -0.2) is 4.39 Å². The van der Waals surface area contributed by atoms with Gasteiger partial charge in [-0.1, -0.05) is 12.1 Å². The molecule has 6 nitrogen and oxygen atoms in total. The van der Waals surface area contributed by atoms with Gasteiger partial charge in [0.25, 0.3) is 5.91 Å². The van der Waals surface area contributed by atoms with Crippen LogP contribution in [0.4, 0.5) is 4.39 Å². The quantitative estimate of drug-likeness (QED) is 0.475. The summed E-state index contributed by atoms with van der Waals surface area (Å²) in [6, 6.07) is 17.0. The Morgan fingerprint density at radius 1 is 1.03 bits per heavy atom. The monoisotopic (exact) mass is 515 g/mol. The summed E-state index contributed by atoms with van der Waals surface area (Å²) in [4.78, 5) is 16.8. The Morgan fingerprint density at radius 3 is 2.33 bits per heavy atom. The number of ether oxygens (including phenoxy) is 2. The van der Waals surface area contributed by atoms with Crippen LogP contribution in [0.1, 0.15) is 10.5 Å². The molecular formula is C25H27BrFN3O3. The van der Waals surface area contributed by atoms with Gasteiger partial charge in [-0.15, -0.1) is 0 Å². The summed E-state index contributed by atoms with van der Waals surface area (Å²) in [6.45, 7) is 4.92. The Labute approximate surface area is 203 Å². The summed E-state index contributed by atoms with van der Waals surface area (Å²) in [5, 5.41) is 2.99. The second-order valence-electron chi connectivity index (χ2n) is 8.17. The second kappa shape index (κ2) is 11.4. The van der Waals surface area contributed by atoms with E-state index >= 15 is 0 Å². The van der Waals surface area contributed by atoms with Crippen molar-refractivity contribution in [2.75, 3.05) is 46.4 Å². The Bertz CT molecular complexity index is 1060. The molecule has 3 aromatic rings. The first-order chi connectivity index (χ1) is 15.5. The van der Waals surface area contributed by atoms with Crippen LogP contribution in [0.15, 0.2) is 66.9 Å². The first-order valence-electron chi connectivity index (χ1n) is 10.7. The zero-order chi connectivity index (χ0) is 22.4. The minimum Gasteiger partial charge on any atom is -1.00 e. The van der Waals surface area contributed by atoms with Crippen molar-refractivity contribution in [3.63, 3.8) is 0 Å². The number of quaternary nitrogens is 1. The van der Waals surface area contributed by atoms with Crippen LogP contribution in [0.2, 0.25) is 0 Å². The van der Waals surface area contributed by atoms with Crippen molar-refractivity contribution in [2.45, 2.75) is 0 Å². The number of aromatic nitrogens is 1. The van der Waals surface area contributed by atoms with E-state index in [1.54, 1.807) is 24.4 Å². The first kappa shape index (κ1) is 24.8. The number of carbonyl (C=O) groups is 1. The number of amides is 1. The van der Waals surface area contributed by atoms with Crippen molar-refractivity contribution in [2.24, 2.45) is 0 Å². The van der Waals surface area contributed by atoms with E-state index in [-0.39, 0.29) is 28.7 Å². The first-order valence-corrected chi connectivity index (χ1v) is 10.7. The van der Waals surface area contributed by atoms with E-state index in [0.29, 0.717) is 23.7 Å². The van der Waals surface area contributed by atoms with Crippen molar-refractivity contribution in [3.8, 4) is 22.6 Å². The topological polar surface area (TPSA) is 60.5 Å².